The molecule has 1 aromatic heterocycles. The fourth-order valence-electron chi connectivity index (χ4n) is 3.24. The Kier molecular flexibility index (Phi) is 6.65. The lowest BCUT2D eigenvalue weighted by Crippen LogP contribution is -2.36. The van der Waals surface area contributed by atoms with Crippen LogP contribution in [0.3, 0.4) is 0 Å². The second-order valence-electron chi connectivity index (χ2n) is 6.83. The Labute approximate surface area is 154 Å². The van der Waals surface area contributed by atoms with Crippen LogP contribution in [0.15, 0.2) is 41.8 Å². The number of carbonyl (C=O) groups is 1. The molecule has 3 rings (SSSR count). The molecule has 0 bridgehead atoms. The Morgan fingerprint density at radius 2 is 2.12 bits per heavy atom. The van der Waals surface area contributed by atoms with Gasteiger partial charge in [0.25, 0.3) is 0 Å². The highest BCUT2D eigenvalue weighted by Gasteiger charge is 2.22. The van der Waals surface area contributed by atoms with Crippen molar-refractivity contribution in [2.24, 2.45) is 0 Å². The van der Waals surface area contributed by atoms with E-state index >= 15 is 0 Å². The van der Waals surface area contributed by atoms with E-state index in [9.17, 15) is 4.79 Å². The second kappa shape index (κ2) is 9.16. The maximum Gasteiger partial charge on any atom is 0.222 e. The van der Waals surface area contributed by atoms with Gasteiger partial charge in [0.2, 0.25) is 5.91 Å². The first-order valence-electron chi connectivity index (χ1n) is 9.18. The molecule has 134 valence electrons. The Bertz CT molecular complexity index is 645. The Morgan fingerprint density at radius 1 is 1.28 bits per heavy atom. The molecule has 2 heterocycles. The van der Waals surface area contributed by atoms with Crippen molar-refractivity contribution in [1.29, 1.82) is 0 Å². The molecular weight excluding hydrogens is 330 g/mol. The van der Waals surface area contributed by atoms with Crippen LogP contribution < -0.4 is 0 Å². The van der Waals surface area contributed by atoms with Gasteiger partial charge in [0.05, 0.1) is 12.6 Å². The van der Waals surface area contributed by atoms with Crippen molar-refractivity contribution in [3.63, 3.8) is 0 Å². The van der Waals surface area contributed by atoms with E-state index in [0.717, 1.165) is 38.8 Å². The van der Waals surface area contributed by atoms with E-state index in [1.807, 2.05) is 11.0 Å². The van der Waals surface area contributed by atoms with Crippen LogP contribution in [-0.2, 0) is 22.5 Å². The van der Waals surface area contributed by atoms with Crippen molar-refractivity contribution < 1.29 is 9.53 Å². The summed E-state index contributed by atoms with van der Waals surface area (Å²) in [6, 6.07) is 12.7. The maximum absolute atomic E-state index is 12.8. The highest BCUT2D eigenvalue weighted by molar-refractivity contribution is 7.09. The van der Waals surface area contributed by atoms with Crippen molar-refractivity contribution in [3.05, 3.63) is 57.8 Å². The summed E-state index contributed by atoms with van der Waals surface area (Å²) in [5.41, 5.74) is 2.58. The highest BCUT2D eigenvalue weighted by Crippen LogP contribution is 2.18. The minimum Gasteiger partial charge on any atom is -0.376 e. The molecular formula is C21H27NO2S. The molecule has 0 N–H and O–H groups in total. The van der Waals surface area contributed by atoms with Gasteiger partial charge in [-0.05, 0) is 49.6 Å². The quantitative estimate of drug-likeness (QED) is 0.692. The van der Waals surface area contributed by atoms with Crippen LogP contribution in [0.4, 0.5) is 0 Å². The van der Waals surface area contributed by atoms with Gasteiger partial charge in [0, 0.05) is 24.4 Å². The molecule has 1 aliphatic heterocycles. The van der Waals surface area contributed by atoms with E-state index in [1.165, 1.54) is 16.0 Å². The average Bonchev–Trinajstić information content (AvgIpc) is 3.30. The average molecular weight is 358 g/mol. The summed E-state index contributed by atoms with van der Waals surface area (Å²) in [5, 5.41) is 2.07. The molecule has 1 atom stereocenters. The summed E-state index contributed by atoms with van der Waals surface area (Å²) in [6.45, 7) is 4.36. The van der Waals surface area contributed by atoms with E-state index < -0.39 is 0 Å². The molecule has 2 aromatic rings. The van der Waals surface area contributed by atoms with Crippen LogP contribution in [0.5, 0.6) is 0 Å². The zero-order valence-corrected chi connectivity index (χ0v) is 15.8. The molecule has 1 fully saturated rings. The molecule has 3 nitrogen and oxygen atoms in total. The molecule has 1 aliphatic rings. The fraction of sp³-hybridized carbons (Fsp3) is 0.476. The minimum atomic E-state index is 0.209. The number of hydrogen-bond acceptors (Lipinski definition) is 3. The van der Waals surface area contributed by atoms with Crippen LogP contribution in [0.1, 0.15) is 41.7 Å². The zero-order chi connectivity index (χ0) is 17.5. The number of carbonyl (C=O) groups excluding carboxylic acids is 1. The number of nitrogens with zero attached hydrogens (tertiary/aromatic N) is 1. The van der Waals surface area contributed by atoms with Gasteiger partial charge in [-0.25, -0.2) is 0 Å². The third-order valence-electron chi connectivity index (χ3n) is 4.70. The number of benzene rings is 1. The summed E-state index contributed by atoms with van der Waals surface area (Å²) in [4.78, 5) is 16.0. The van der Waals surface area contributed by atoms with Crippen molar-refractivity contribution >= 4 is 17.2 Å². The zero-order valence-electron chi connectivity index (χ0n) is 14.9. The van der Waals surface area contributed by atoms with E-state index in [4.69, 9.17) is 4.74 Å². The number of amides is 1. The molecule has 0 radical (unpaired) electrons. The van der Waals surface area contributed by atoms with Gasteiger partial charge in [-0.2, -0.15) is 0 Å². The summed E-state index contributed by atoms with van der Waals surface area (Å²) in [6.07, 6.45) is 4.84. The normalized spacial score (nSPS) is 16.9. The molecule has 25 heavy (non-hydrogen) atoms. The van der Waals surface area contributed by atoms with Gasteiger partial charge < -0.3 is 9.64 Å². The smallest absolute Gasteiger partial charge is 0.222 e. The standard InChI is InChI=1S/C21H27NO2S/c1-17-9-11-18(12-10-17)5-2-8-21(23)22(15-19-6-3-13-24-19)16-20-7-4-14-25-20/h4,7,9-12,14,19H,2-3,5-6,8,13,15-16H2,1H3. The number of rotatable bonds is 8. The lowest BCUT2D eigenvalue weighted by Gasteiger charge is -2.25. The summed E-state index contributed by atoms with van der Waals surface area (Å²) < 4.78 is 5.75. The first kappa shape index (κ1) is 18.2. The predicted octanol–water partition coefficient (Wildman–Crippen LogP) is 4.59. The third-order valence-corrected chi connectivity index (χ3v) is 5.57. The van der Waals surface area contributed by atoms with Gasteiger partial charge in [-0.3, -0.25) is 4.79 Å². The van der Waals surface area contributed by atoms with Crippen molar-refractivity contribution in [2.45, 2.75) is 51.7 Å². The number of aryl methyl sites for hydroxylation is 2. The van der Waals surface area contributed by atoms with Crippen LogP contribution in [0, 0.1) is 6.92 Å². The highest BCUT2D eigenvalue weighted by atomic mass is 32.1. The van der Waals surface area contributed by atoms with Crippen molar-refractivity contribution in [2.75, 3.05) is 13.2 Å². The van der Waals surface area contributed by atoms with Crippen LogP contribution in [-0.4, -0.2) is 30.1 Å². The Hall–Kier alpha value is -1.65. The largest absolute Gasteiger partial charge is 0.376 e. The maximum atomic E-state index is 12.8. The lowest BCUT2D eigenvalue weighted by atomic mass is 10.1. The second-order valence-corrected chi connectivity index (χ2v) is 7.86. The number of thiophene rings is 1. The fourth-order valence-corrected chi connectivity index (χ4v) is 3.96. The van der Waals surface area contributed by atoms with Crippen LogP contribution in [0.2, 0.25) is 0 Å². The van der Waals surface area contributed by atoms with Crippen molar-refractivity contribution in [1.82, 2.24) is 4.90 Å². The molecule has 0 aliphatic carbocycles. The number of hydrogen-bond donors (Lipinski definition) is 0. The van der Waals surface area contributed by atoms with Crippen LogP contribution >= 0.6 is 11.3 Å². The van der Waals surface area contributed by atoms with E-state index in [2.05, 4.69) is 42.6 Å². The molecule has 0 saturated carbocycles. The monoisotopic (exact) mass is 357 g/mol. The third kappa shape index (κ3) is 5.68. The van der Waals surface area contributed by atoms with Gasteiger partial charge in [-0.1, -0.05) is 35.9 Å². The van der Waals surface area contributed by atoms with Gasteiger partial charge in [0.1, 0.15) is 0 Å². The summed E-state index contributed by atoms with van der Waals surface area (Å²) >= 11 is 1.71. The Morgan fingerprint density at radius 3 is 2.80 bits per heavy atom. The van der Waals surface area contributed by atoms with Gasteiger partial charge >= 0.3 is 0 Å². The molecule has 1 aromatic carbocycles. The SMILES string of the molecule is Cc1ccc(CCCC(=O)N(Cc2cccs2)CC2CCCO2)cc1. The first-order chi connectivity index (χ1) is 12.2. The van der Waals surface area contributed by atoms with Gasteiger partial charge in [-0.15, -0.1) is 11.3 Å². The first-order valence-corrected chi connectivity index (χ1v) is 10.1. The molecule has 1 amide bonds. The summed E-state index contributed by atoms with van der Waals surface area (Å²) in [5.74, 6) is 0.246. The minimum absolute atomic E-state index is 0.209. The molecule has 1 saturated heterocycles. The van der Waals surface area contributed by atoms with E-state index in [-0.39, 0.29) is 12.0 Å². The number of ether oxygens (including phenoxy) is 1. The topological polar surface area (TPSA) is 29.5 Å². The van der Waals surface area contributed by atoms with Crippen LogP contribution in [0.25, 0.3) is 0 Å². The molecule has 4 heteroatoms. The molecule has 0 spiro atoms. The van der Waals surface area contributed by atoms with Crippen molar-refractivity contribution in [3.8, 4) is 0 Å². The van der Waals surface area contributed by atoms with E-state index in [0.29, 0.717) is 13.0 Å². The van der Waals surface area contributed by atoms with E-state index in [1.54, 1.807) is 11.3 Å². The molecule has 1 unspecified atom stereocenters. The Balaban J connectivity index is 1.52. The summed E-state index contributed by atoms with van der Waals surface area (Å²) in [7, 11) is 0. The predicted molar refractivity (Wildman–Crippen MR) is 103 cm³/mol. The van der Waals surface area contributed by atoms with Gasteiger partial charge in [0.15, 0.2) is 0 Å². The lowest BCUT2D eigenvalue weighted by molar-refractivity contribution is -0.133.